The molecule has 0 aromatic rings. The second-order valence-corrected chi connectivity index (χ2v) is 4.53. The van der Waals surface area contributed by atoms with Crippen LogP contribution in [0.3, 0.4) is 0 Å². The number of hydrogen-bond acceptors (Lipinski definition) is 6. The van der Waals surface area contributed by atoms with Crippen LogP contribution in [0.1, 0.15) is 20.8 Å². The van der Waals surface area contributed by atoms with E-state index in [0.717, 1.165) is 6.92 Å². The molecule has 1 heterocycles. The topological polar surface area (TPSA) is 110 Å². The molecule has 5 unspecified atom stereocenters. The summed E-state index contributed by atoms with van der Waals surface area (Å²) in [6.07, 6.45) is -2.84. The molecule has 1 aliphatic rings. The Bertz CT molecular complexity index is 247. The van der Waals surface area contributed by atoms with Crippen LogP contribution in [0.4, 0.5) is 0 Å². The van der Waals surface area contributed by atoms with Crippen LogP contribution >= 0.6 is 0 Å². The Labute approximate surface area is 87.7 Å². The van der Waals surface area contributed by atoms with E-state index in [-0.39, 0.29) is 0 Å². The van der Waals surface area contributed by atoms with Crippen LogP contribution in [0.25, 0.3) is 0 Å². The molecule has 1 fully saturated rings. The molecule has 0 aromatic carbocycles. The van der Waals surface area contributed by atoms with E-state index in [1.165, 1.54) is 13.8 Å². The fourth-order valence-electron chi connectivity index (χ4n) is 1.71. The zero-order valence-electron chi connectivity index (χ0n) is 9.01. The van der Waals surface area contributed by atoms with Crippen LogP contribution in [-0.4, -0.2) is 61.3 Å². The molecule has 6 nitrogen and oxygen atoms in total. The minimum absolute atomic E-state index is 0.573. The summed E-state index contributed by atoms with van der Waals surface area (Å²) in [5, 5.41) is 48.3. The lowest BCUT2D eigenvalue weighted by Gasteiger charge is -2.56. The van der Waals surface area contributed by atoms with E-state index < -0.39 is 35.8 Å². The van der Waals surface area contributed by atoms with E-state index in [1.54, 1.807) is 0 Å². The van der Waals surface area contributed by atoms with E-state index in [4.69, 9.17) is 9.84 Å². The molecule has 0 bridgehead atoms. The molecule has 90 valence electrons. The van der Waals surface area contributed by atoms with Crippen LogP contribution in [0, 0.1) is 0 Å². The van der Waals surface area contributed by atoms with Crippen LogP contribution in [0.15, 0.2) is 0 Å². The minimum Gasteiger partial charge on any atom is -0.394 e. The number of aliphatic hydroxyl groups is 5. The van der Waals surface area contributed by atoms with Gasteiger partial charge in [-0.25, -0.2) is 0 Å². The van der Waals surface area contributed by atoms with Crippen molar-refractivity contribution in [2.45, 2.75) is 50.0 Å². The molecule has 0 aliphatic carbocycles. The van der Waals surface area contributed by atoms with Gasteiger partial charge in [0, 0.05) is 0 Å². The molecule has 1 aliphatic heterocycles. The highest BCUT2D eigenvalue weighted by Crippen LogP contribution is 2.43. The van der Waals surface area contributed by atoms with Gasteiger partial charge in [-0.2, -0.15) is 0 Å². The average Bonchev–Trinajstić information content (AvgIpc) is 2.10. The second kappa shape index (κ2) is 3.38. The Balaban J connectivity index is 3.16. The zero-order chi connectivity index (χ0) is 12.1. The SMILES string of the molecule is CC1(O)C(O)OC(CO)C(C)(O)C1(C)O. The van der Waals surface area contributed by atoms with Crippen molar-refractivity contribution in [3.05, 3.63) is 0 Å². The Morgan fingerprint density at radius 1 is 1.07 bits per heavy atom. The monoisotopic (exact) mass is 222 g/mol. The molecule has 1 rings (SSSR count). The van der Waals surface area contributed by atoms with Gasteiger partial charge in [0.2, 0.25) is 0 Å². The van der Waals surface area contributed by atoms with Crippen molar-refractivity contribution in [2.24, 2.45) is 0 Å². The van der Waals surface area contributed by atoms with Gasteiger partial charge in [0.15, 0.2) is 6.29 Å². The second-order valence-electron chi connectivity index (χ2n) is 4.53. The first-order valence-electron chi connectivity index (χ1n) is 4.70. The highest BCUT2D eigenvalue weighted by molar-refractivity contribution is 5.13. The molecule has 0 aromatic heterocycles. The summed E-state index contributed by atoms with van der Waals surface area (Å²) in [5.74, 6) is 0. The standard InChI is InChI=1S/C9H18O6/c1-7(12)5(4-10)15-6(11)8(2,13)9(7,3)14/h5-6,10-14H,4H2,1-3H3. The number of aliphatic hydroxyl groups excluding tert-OH is 2. The van der Waals surface area contributed by atoms with E-state index in [0.29, 0.717) is 0 Å². The quantitative estimate of drug-likeness (QED) is 0.349. The van der Waals surface area contributed by atoms with E-state index in [9.17, 15) is 20.4 Å². The molecule has 0 saturated carbocycles. The van der Waals surface area contributed by atoms with Crippen molar-refractivity contribution in [1.82, 2.24) is 0 Å². The smallest absolute Gasteiger partial charge is 0.187 e. The Hall–Kier alpha value is -0.240. The van der Waals surface area contributed by atoms with Crippen molar-refractivity contribution in [3.63, 3.8) is 0 Å². The third-order valence-corrected chi connectivity index (χ3v) is 3.54. The van der Waals surface area contributed by atoms with Crippen LogP contribution in [-0.2, 0) is 4.74 Å². The van der Waals surface area contributed by atoms with Gasteiger partial charge < -0.3 is 30.3 Å². The maximum absolute atomic E-state index is 10.1. The first-order valence-corrected chi connectivity index (χ1v) is 4.70. The highest BCUT2D eigenvalue weighted by Gasteiger charge is 2.65. The third-order valence-electron chi connectivity index (χ3n) is 3.54. The number of rotatable bonds is 1. The Kier molecular flexibility index (Phi) is 2.89. The Morgan fingerprint density at radius 2 is 1.53 bits per heavy atom. The summed E-state index contributed by atoms with van der Waals surface area (Å²) < 4.78 is 4.85. The molecule has 6 heteroatoms. The molecule has 0 spiro atoms. The molecular weight excluding hydrogens is 204 g/mol. The summed E-state index contributed by atoms with van der Waals surface area (Å²) in [6.45, 7) is 2.99. The molecule has 0 radical (unpaired) electrons. The van der Waals surface area contributed by atoms with Gasteiger partial charge in [-0.05, 0) is 20.8 Å². The van der Waals surface area contributed by atoms with Gasteiger partial charge >= 0.3 is 0 Å². The lowest BCUT2D eigenvalue weighted by atomic mass is 9.68. The van der Waals surface area contributed by atoms with Gasteiger partial charge in [-0.1, -0.05) is 0 Å². The van der Waals surface area contributed by atoms with Crippen LogP contribution in [0.5, 0.6) is 0 Å². The predicted octanol–water partition coefficient (Wildman–Crippen LogP) is -2.05. The van der Waals surface area contributed by atoms with Gasteiger partial charge in [-0.3, -0.25) is 0 Å². The average molecular weight is 222 g/mol. The first kappa shape index (κ1) is 12.8. The summed E-state index contributed by atoms with van der Waals surface area (Å²) in [5.41, 5.74) is -5.91. The predicted molar refractivity (Wildman–Crippen MR) is 49.8 cm³/mol. The van der Waals surface area contributed by atoms with E-state index in [2.05, 4.69) is 0 Å². The van der Waals surface area contributed by atoms with Gasteiger partial charge in [0.05, 0.1) is 6.61 Å². The minimum atomic E-state index is -2.03. The fourth-order valence-corrected chi connectivity index (χ4v) is 1.71. The van der Waals surface area contributed by atoms with Crippen molar-refractivity contribution in [1.29, 1.82) is 0 Å². The number of ether oxygens (including phenoxy) is 1. The van der Waals surface area contributed by atoms with Gasteiger partial charge in [0.25, 0.3) is 0 Å². The van der Waals surface area contributed by atoms with Crippen molar-refractivity contribution >= 4 is 0 Å². The third kappa shape index (κ3) is 1.49. The van der Waals surface area contributed by atoms with Gasteiger partial charge in [0.1, 0.15) is 22.9 Å². The normalized spacial score (nSPS) is 56.8. The number of hydrogen-bond donors (Lipinski definition) is 5. The molecule has 5 N–H and O–H groups in total. The van der Waals surface area contributed by atoms with E-state index in [1.807, 2.05) is 0 Å². The summed E-state index contributed by atoms with van der Waals surface area (Å²) in [4.78, 5) is 0. The summed E-state index contributed by atoms with van der Waals surface area (Å²) in [6, 6.07) is 0. The molecule has 5 atom stereocenters. The lowest BCUT2D eigenvalue weighted by molar-refractivity contribution is -0.382. The van der Waals surface area contributed by atoms with Crippen LogP contribution < -0.4 is 0 Å². The summed E-state index contributed by atoms with van der Waals surface area (Å²) >= 11 is 0. The van der Waals surface area contributed by atoms with Crippen molar-refractivity contribution in [2.75, 3.05) is 6.61 Å². The van der Waals surface area contributed by atoms with Crippen molar-refractivity contribution < 1.29 is 30.3 Å². The van der Waals surface area contributed by atoms with Crippen LogP contribution in [0.2, 0.25) is 0 Å². The zero-order valence-corrected chi connectivity index (χ0v) is 9.01. The first-order chi connectivity index (χ1) is 6.59. The fraction of sp³-hybridized carbons (Fsp3) is 1.00. The summed E-state index contributed by atoms with van der Waals surface area (Å²) in [7, 11) is 0. The highest BCUT2D eigenvalue weighted by atomic mass is 16.6. The largest absolute Gasteiger partial charge is 0.394 e. The lowest BCUT2D eigenvalue weighted by Crippen LogP contribution is -2.77. The van der Waals surface area contributed by atoms with Crippen molar-refractivity contribution in [3.8, 4) is 0 Å². The molecule has 1 saturated heterocycles. The maximum Gasteiger partial charge on any atom is 0.187 e. The molecular formula is C9H18O6. The Morgan fingerprint density at radius 3 is 1.93 bits per heavy atom. The maximum atomic E-state index is 10.1. The molecule has 0 amide bonds. The van der Waals surface area contributed by atoms with E-state index >= 15 is 0 Å². The molecule has 15 heavy (non-hydrogen) atoms. The van der Waals surface area contributed by atoms with Gasteiger partial charge in [-0.15, -0.1) is 0 Å².